The van der Waals surface area contributed by atoms with Crippen LogP contribution in [-0.4, -0.2) is 7.05 Å². The van der Waals surface area contributed by atoms with Crippen molar-refractivity contribution in [2.75, 3.05) is 11.9 Å². The number of aryl methyl sites for hydroxylation is 2. The lowest BCUT2D eigenvalue weighted by Gasteiger charge is -2.23. The second kappa shape index (κ2) is 5.23. The third-order valence-electron chi connectivity index (χ3n) is 3.24. The van der Waals surface area contributed by atoms with Gasteiger partial charge in [0.1, 0.15) is 0 Å². The predicted molar refractivity (Wildman–Crippen MR) is 78.3 cm³/mol. The van der Waals surface area contributed by atoms with Crippen LogP contribution in [0.1, 0.15) is 16.7 Å². The van der Waals surface area contributed by atoms with Crippen molar-refractivity contribution in [3.63, 3.8) is 0 Å². The highest BCUT2D eigenvalue weighted by Gasteiger charge is 2.08. The average Bonchev–Trinajstić information content (AvgIpc) is 2.38. The number of rotatable bonds is 3. The summed E-state index contributed by atoms with van der Waals surface area (Å²) in [5.74, 6) is 0. The molecule has 0 bridgehead atoms. The molecule has 18 heavy (non-hydrogen) atoms. The molecule has 0 aromatic heterocycles. The molecule has 0 aliphatic carbocycles. The Morgan fingerprint density at radius 1 is 0.944 bits per heavy atom. The minimum Gasteiger partial charge on any atom is -0.344 e. The monoisotopic (exact) mass is 240 g/mol. The number of hydrogen-bond acceptors (Lipinski definition) is 2. The Bertz CT molecular complexity index is 529. The summed E-state index contributed by atoms with van der Waals surface area (Å²) < 4.78 is 0. The molecular formula is C16H20N2. The van der Waals surface area contributed by atoms with Gasteiger partial charge < -0.3 is 10.6 Å². The maximum Gasteiger partial charge on any atom is 0.0453 e. The summed E-state index contributed by atoms with van der Waals surface area (Å²) in [6, 6.07) is 14.9. The Balaban J connectivity index is 2.39. The van der Waals surface area contributed by atoms with Crippen molar-refractivity contribution < 1.29 is 0 Å². The third kappa shape index (κ3) is 2.54. The highest BCUT2D eigenvalue weighted by Crippen LogP contribution is 2.27. The average molecular weight is 240 g/mol. The van der Waals surface area contributed by atoms with Crippen molar-refractivity contribution in [3.05, 3.63) is 59.2 Å². The van der Waals surface area contributed by atoms with E-state index in [2.05, 4.69) is 68.3 Å². The van der Waals surface area contributed by atoms with E-state index in [0.29, 0.717) is 6.54 Å². The van der Waals surface area contributed by atoms with Gasteiger partial charge in [-0.05, 0) is 37.6 Å². The van der Waals surface area contributed by atoms with Gasteiger partial charge in [-0.25, -0.2) is 0 Å². The van der Waals surface area contributed by atoms with E-state index in [1.54, 1.807) is 0 Å². The molecule has 94 valence electrons. The van der Waals surface area contributed by atoms with Crippen LogP contribution in [0.25, 0.3) is 0 Å². The van der Waals surface area contributed by atoms with Crippen molar-refractivity contribution in [1.82, 2.24) is 0 Å². The molecule has 2 nitrogen and oxygen atoms in total. The zero-order valence-corrected chi connectivity index (χ0v) is 11.3. The number of benzene rings is 2. The van der Waals surface area contributed by atoms with Crippen molar-refractivity contribution >= 4 is 11.4 Å². The Labute approximate surface area is 109 Å². The summed E-state index contributed by atoms with van der Waals surface area (Å²) in [6.07, 6.45) is 0. The first kappa shape index (κ1) is 12.7. The smallest absolute Gasteiger partial charge is 0.0453 e. The lowest BCUT2D eigenvalue weighted by molar-refractivity contribution is 1.04. The fourth-order valence-electron chi connectivity index (χ4n) is 2.11. The molecular weight excluding hydrogens is 220 g/mol. The minimum atomic E-state index is 0.563. The minimum absolute atomic E-state index is 0.563. The molecule has 0 fully saturated rings. The largest absolute Gasteiger partial charge is 0.344 e. The van der Waals surface area contributed by atoms with Gasteiger partial charge in [-0.1, -0.05) is 35.4 Å². The Kier molecular flexibility index (Phi) is 3.68. The summed E-state index contributed by atoms with van der Waals surface area (Å²) >= 11 is 0. The van der Waals surface area contributed by atoms with Crippen LogP contribution in [0.3, 0.4) is 0 Å². The molecule has 0 unspecified atom stereocenters. The molecule has 0 radical (unpaired) electrons. The van der Waals surface area contributed by atoms with Crippen LogP contribution >= 0.6 is 0 Å². The second-order valence-corrected chi connectivity index (χ2v) is 4.73. The van der Waals surface area contributed by atoms with E-state index < -0.39 is 0 Å². The van der Waals surface area contributed by atoms with Crippen LogP contribution in [0, 0.1) is 13.8 Å². The van der Waals surface area contributed by atoms with E-state index in [1.807, 2.05) is 0 Å². The van der Waals surface area contributed by atoms with Crippen LogP contribution in [-0.2, 0) is 6.54 Å². The summed E-state index contributed by atoms with van der Waals surface area (Å²) in [4.78, 5) is 2.18. The summed E-state index contributed by atoms with van der Waals surface area (Å²) in [5, 5.41) is 0. The fraction of sp³-hybridized carbons (Fsp3) is 0.250. The normalized spacial score (nSPS) is 10.4. The Morgan fingerprint density at radius 3 is 2.17 bits per heavy atom. The maximum atomic E-state index is 5.83. The van der Waals surface area contributed by atoms with Crippen molar-refractivity contribution in [1.29, 1.82) is 0 Å². The molecule has 0 atom stereocenters. The van der Waals surface area contributed by atoms with Gasteiger partial charge in [0.05, 0.1) is 0 Å². The summed E-state index contributed by atoms with van der Waals surface area (Å²) in [7, 11) is 2.08. The first-order valence-electron chi connectivity index (χ1n) is 6.22. The van der Waals surface area contributed by atoms with Crippen molar-refractivity contribution in [2.24, 2.45) is 5.73 Å². The van der Waals surface area contributed by atoms with E-state index in [9.17, 15) is 0 Å². The van der Waals surface area contributed by atoms with E-state index in [-0.39, 0.29) is 0 Å². The molecule has 2 aromatic carbocycles. The molecule has 0 amide bonds. The highest BCUT2D eigenvalue weighted by molar-refractivity contribution is 5.66. The molecule has 0 saturated heterocycles. The molecule has 2 heteroatoms. The van der Waals surface area contributed by atoms with Gasteiger partial charge in [0.2, 0.25) is 0 Å². The molecule has 0 aliphatic heterocycles. The maximum absolute atomic E-state index is 5.83. The van der Waals surface area contributed by atoms with Crippen molar-refractivity contribution in [3.8, 4) is 0 Å². The summed E-state index contributed by atoms with van der Waals surface area (Å²) in [5.41, 5.74) is 11.9. The number of nitrogens with two attached hydrogens (primary N) is 1. The van der Waals surface area contributed by atoms with E-state index in [4.69, 9.17) is 5.73 Å². The highest BCUT2D eigenvalue weighted by atomic mass is 15.1. The second-order valence-electron chi connectivity index (χ2n) is 4.73. The van der Waals surface area contributed by atoms with Gasteiger partial charge in [0.25, 0.3) is 0 Å². The summed E-state index contributed by atoms with van der Waals surface area (Å²) in [6.45, 7) is 4.75. The Morgan fingerprint density at radius 2 is 1.56 bits per heavy atom. The van der Waals surface area contributed by atoms with Gasteiger partial charge in [-0.3, -0.25) is 0 Å². The van der Waals surface area contributed by atoms with Crippen LogP contribution in [0.15, 0.2) is 42.5 Å². The van der Waals surface area contributed by atoms with Crippen molar-refractivity contribution in [2.45, 2.75) is 20.4 Å². The van der Waals surface area contributed by atoms with Crippen LogP contribution in [0.4, 0.5) is 11.4 Å². The molecule has 0 aliphatic rings. The molecule has 0 heterocycles. The van der Waals surface area contributed by atoms with E-state index in [1.165, 1.54) is 28.1 Å². The number of anilines is 2. The van der Waals surface area contributed by atoms with Crippen LogP contribution in [0.5, 0.6) is 0 Å². The van der Waals surface area contributed by atoms with Gasteiger partial charge in [0, 0.05) is 25.0 Å². The SMILES string of the molecule is Cc1ccc(N(C)c2ccc(C)cc2CN)cc1. The first-order chi connectivity index (χ1) is 8.61. The van der Waals surface area contributed by atoms with Crippen LogP contribution < -0.4 is 10.6 Å². The lowest BCUT2D eigenvalue weighted by atomic mass is 10.1. The standard InChI is InChI=1S/C16H20N2/c1-12-4-7-15(8-5-12)18(3)16-9-6-13(2)10-14(16)11-17/h4-10H,11,17H2,1-3H3. The fourth-order valence-corrected chi connectivity index (χ4v) is 2.11. The topological polar surface area (TPSA) is 29.3 Å². The number of hydrogen-bond donors (Lipinski definition) is 1. The van der Waals surface area contributed by atoms with Crippen LogP contribution in [0.2, 0.25) is 0 Å². The first-order valence-corrected chi connectivity index (χ1v) is 6.22. The molecule has 0 saturated carbocycles. The predicted octanol–water partition coefficient (Wildman–Crippen LogP) is 3.53. The van der Waals surface area contributed by atoms with Gasteiger partial charge in [0.15, 0.2) is 0 Å². The molecule has 2 aromatic rings. The molecule has 0 spiro atoms. The number of nitrogens with zero attached hydrogens (tertiary/aromatic N) is 1. The Hall–Kier alpha value is -1.80. The van der Waals surface area contributed by atoms with E-state index >= 15 is 0 Å². The van der Waals surface area contributed by atoms with Gasteiger partial charge in [-0.2, -0.15) is 0 Å². The lowest BCUT2D eigenvalue weighted by Crippen LogP contribution is -2.13. The van der Waals surface area contributed by atoms with E-state index in [0.717, 1.165) is 0 Å². The molecule has 2 N–H and O–H groups in total. The quantitative estimate of drug-likeness (QED) is 0.889. The zero-order chi connectivity index (χ0) is 13.1. The van der Waals surface area contributed by atoms with Gasteiger partial charge >= 0.3 is 0 Å². The molecule has 2 rings (SSSR count). The third-order valence-corrected chi connectivity index (χ3v) is 3.24. The zero-order valence-electron chi connectivity index (χ0n) is 11.3. The van der Waals surface area contributed by atoms with Gasteiger partial charge in [-0.15, -0.1) is 0 Å².